The number of rotatable bonds is 6. The summed E-state index contributed by atoms with van der Waals surface area (Å²) in [7, 11) is 0. The highest BCUT2D eigenvalue weighted by molar-refractivity contribution is 9.10. The van der Waals surface area contributed by atoms with Gasteiger partial charge in [0.2, 0.25) is 5.43 Å². The highest BCUT2D eigenvalue weighted by atomic mass is 79.9. The molecule has 1 aromatic carbocycles. The van der Waals surface area contributed by atoms with E-state index in [0.29, 0.717) is 29.9 Å². The van der Waals surface area contributed by atoms with Gasteiger partial charge in [0, 0.05) is 30.2 Å². The molecule has 26 heavy (non-hydrogen) atoms. The number of amides is 1. The van der Waals surface area contributed by atoms with Crippen molar-refractivity contribution in [3.05, 3.63) is 61.0 Å². The van der Waals surface area contributed by atoms with Crippen molar-refractivity contribution in [3.63, 3.8) is 0 Å². The van der Waals surface area contributed by atoms with Gasteiger partial charge in [-0.15, -0.1) is 0 Å². The maximum Gasteiger partial charge on any atom is 0.261 e. The zero-order valence-electron chi connectivity index (χ0n) is 15.9. The van der Waals surface area contributed by atoms with Gasteiger partial charge < -0.3 is 14.6 Å². The van der Waals surface area contributed by atoms with Crippen molar-refractivity contribution >= 4 is 27.5 Å². The Bertz CT molecular complexity index is 867. The van der Waals surface area contributed by atoms with Gasteiger partial charge in [-0.25, -0.2) is 0 Å². The van der Waals surface area contributed by atoms with Crippen LogP contribution in [0.2, 0.25) is 0 Å². The van der Waals surface area contributed by atoms with Gasteiger partial charge in [-0.2, -0.15) is 0 Å². The molecule has 6 heteroatoms. The summed E-state index contributed by atoms with van der Waals surface area (Å²) in [6.07, 6.45) is 0. The van der Waals surface area contributed by atoms with Crippen LogP contribution >= 0.6 is 15.9 Å². The fourth-order valence-corrected chi connectivity index (χ4v) is 3.45. The van der Waals surface area contributed by atoms with Crippen molar-refractivity contribution in [1.29, 1.82) is 0 Å². The molecule has 1 aromatic heterocycles. The molecule has 0 atom stereocenters. The zero-order chi connectivity index (χ0) is 19.4. The molecule has 0 saturated carbocycles. The summed E-state index contributed by atoms with van der Waals surface area (Å²) in [5.74, 6) is -0.393. The first-order valence-corrected chi connectivity index (χ1v) is 9.43. The first kappa shape index (κ1) is 20.4. The van der Waals surface area contributed by atoms with Gasteiger partial charge in [-0.1, -0.05) is 18.2 Å². The molecule has 0 unspecified atom stereocenters. The second kappa shape index (κ2) is 8.64. The van der Waals surface area contributed by atoms with E-state index >= 15 is 0 Å². The standard InChI is InChI=1S/C20H25BrN2O3/c1-6-26-11-10-23-14(4)16(19(24)17(21)15(23)5)20(25)22-18-12(2)8-7-9-13(18)3/h7-9H,6,10-11H2,1-5H3,(H,22,25). The van der Waals surface area contributed by atoms with Crippen molar-refractivity contribution < 1.29 is 9.53 Å². The molecule has 0 bridgehead atoms. The van der Waals surface area contributed by atoms with E-state index in [1.165, 1.54) is 0 Å². The number of benzene rings is 1. The van der Waals surface area contributed by atoms with E-state index < -0.39 is 5.91 Å². The number of para-hydroxylation sites is 1. The molecule has 1 heterocycles. The minimum absolute atomic E-state index is 0.154. The van der Waals surface area contributed by atoms with Gasteiger partial charge >= 0.3 is 0 Å². The number of aryl methyl sites for hydroxylation is 2. The summed E-state index contributed by atoms with van der Waals surface area (Å²) < 4.78 is 7.78. The molecule has 0 saturated heterocycles. The van der Waals surface area contributed by atoms with Crippen molar-refractivity contribution in [2.24, 2.45) is 0 Å². The van der Waals surface area contributed by atoms with Crippen LogP contribution in [-0.2, 0) is 11.3 Å². The van der Waals surface area contributed by atoms with Crippen LogP contribution in [0.3, 0.4) is 0 Å². The molecule has 1 N–H and O–H groups in total. The van der Waals surface area contributed by atoms with Crippen LogP contribution in [0, 0.1) is 27.7 Å². The number of nitrogens with one attached hydrogen (secondary N) is 1. The Balaban J connectivity index is 2.48. The lowest BCUT2D eigenvalue weighted by Crippen LogP contribution is -2.29. The number of hydrogen-bond donors (Lipinski definition) is 1. The second-order valence-electron chi connectivity index (χ2n) is 6.26. The summed E-state index contributed by atoms with van der Waals surface area (Å²) in [5.41, 5.74) is 3.94. The SMILES string of the molecule is CCOCCn1c(C)c(Br)c(=O)c(C(=O)Nc2c(C)cccc2C)c1C. The van der Waals surface area contributed by atoms with Crippen molar-refractivity contribution in [1.82, 2.24) is 4.57 Å². The van der Waals surface area contributed by atoms with E-state index in [9.17, 15) is 9.59 Å². The number of hydrogen-bond acceptors (Lipinski definition) is 3. The van der Waals surface area contributed by atoms with Crippen LogP contribution in [0.25, 0.3) is 0 Å². The Hall–Kier alpha value is -1.92. The fraction of sp³-hybridized carbons (Fsp3) is 0.400. The quantitative estimate of drug-likeness (QED) is 0.714. The molecular formula is C20H25BrN2O3. The van der Waals surface area contributed by atoms with Gasteiger partial charge in [0.05, 0.1) is 11.1 Å². The third kappa shape index (κ3) is 4.07. The van der Waals surface area contributed by atoms with Crippen LogP contribution in [0.5, 0.6) is 0 Å². The number of nitrogens with zero attached hydrogens (tertiary/aromatic N) is 1. The van der Waals surface area contributed by atoms with Gasteiger partial charge in [-0.3, -0.25) is 9.59 Å². The van der Waals surface area contributed by atoms with Gasteiger partial charge in [0.1, 0.15) is 5.56 Å². The molecule has 2 rings (SSSR count). The van der Waals surface area contributed by atoms with Gasteiger partial charge in [-0.05, 0) is 61.7 Å². The van der Waals surface area contributed by atoms with Gasteiger partial charge in [0.25, 0.3) is 5.91 Å². The van der Waals surface area contributed by atoms with E-state index in [4.69, 9.17) is 4.74 Å². The van der Waals surface area contributed by atoms with E-state index in [1.54, 1.807) is 6.92 Å². The number of carbonyl (C=O) groups excluding carboxylic acids is 1. The molecule has 0 aliphatic carbocycles. The fourth-order valence-electron chi connectivity index (χ4n) is 3.03. The van der Waals surface area contributed by atoms with E-state index in [1.807, 2.05) is 50.5 Å². The van der Waals surface area contributed by atoms with E-state index in [0.717, 1.165) is 22.5 Å². The lowest BCUT2D eigenvalue weighted by molar-refractivity contribution is 0.102. The zero-order valence-corrected chi connectivity index (χ0v) is 17.5. The minimum atomic E-state index is -0.393. The second-order valence-corrected chi connectivity index (χ2v) is 7.05. The van der Waals surface area contributed by atoms with Crippen LogP contribution in [0.15, 0.2) is 27.5 Å². The van der Waals surface area contributed by atoms with Gasteiger partial charge in [0.15, 0.2) is 0 Å². The summed E-state index contributed by atoms with van der Waals surface area (Å²) >= 11 is 3.35. The predicted molar refractivity (Wildman–Crippen MR) is 108 cm³/mol. The number of carbonyl (C=O) groups is 1. The predicted octanol–water partition coefficient (Wildman–Crippen LogP) is 4.13. The molecule has 2 aromatic rings. The van der Waals surface area contributed by atoms with E-state index in [2.05, 4.69) is 21.2 Å². The topological polar surface area (TPSA) is 60.3 Å². The largest absolute Gasteiger partial charge is 0.380 e. The van der Waals surface area contributed by atoms with Crippen LogP contribution in [0.1, 0.15) is 39.8 Å². The van der Waals surface area contributed by atoms with Crippen LogP contribution < -0.4 is 10.7 Å². The number of anilines is 1. The normalized spacial score (nSPS) is 10.8. The summed E-state index contributed by atoms with van der Waals surface area (Å²) in [6.45, 7) is 11.2. The molecule has 0 radical (unpaired) electrons. The average Bonchev–Trinajstić information content (AvgIpc) is 2.59. The highest BCUT2D eigenvalue weighted by Gasteiger charge is 2.22. The Morgan fingerprint density at radius 3 is 2.35 bits per heavy atom. The third-order valence-corrected chi connectivity index (χ3v) is 5.46. The maximum absolute atomic E-state index is 12.9. The maximum atomic E-state index is 12.9. The number of pyridine rings is 1. The molecule has 1 amide bonds. The highest BCUT2D eigenvalue weighted by Crippen LogP contribution is 2.22. The molecule has 0 spiro atoms. The van der Waals surface area contributed by atoms with Crippen LogP contribution in [-0.4, -0.2) is 23.7 Å². The monoisotopic (exact) mass is 420 g/mol. The lowest BCUT2D eigenvalue weighted by atomic mass is 10.1. The summed E-state index contributed by atoms with van der Waals surface area (Å²) in [5, 5.41) is 2.91. The third-order valence-electron chi connectivity index (χ3n) is 4.53. The molecule has 0 aliphatic rings. The number of aromatic nitrogens is 1. The number of halogens is 1. The Morgan fingerprint density at radius 1 is 1.15 bits per heavy atom. The Kier molecular flexibility index (Phi) is 6.78. The van der Waals surface area contributed by atoms with Crippen molar-refractivity contribution in [2.45, 2.75) is 41.2 Å². The summed E-state index contributed by atoms with van der Waals surface area (Å²) in [6, 6.07) is 5.80. The van der Waals surface area contributed by atoms with E-state index in [-0.39, 0.29) is 11.0 Å². The van der Waals surface area contributed by atoms with Crippen molar-refractivity contribution in [2.75, 3.05) is 18.5 Å². The average molecular weight is 421 g/mol. The molecule has 140 valence electrons. The Morgan fingerprint density at radius 2 is 1.77 bits per heavy atom. The molecule has 0 fully saturated rings. The lowest BCUT2D eigenvalue weighted by Gasteiger charge is -2.19. The molecule has 0 aliphatic heterocycles. The molecule has 5 nitrogen and oxygen atoms in total. The smallest absolute Gasteiger partial charge is 0.261 e. The molecular weight excluding hydrogens is 396 g/mol. The van der Waals surface area contributed by atoms with Crippen LogP contribution in [0.4, 0.5) is 5.69 Å². The minimum Gasteiger partial charge on any atom is -0.380 e. The number of ether oxygens (including phenoxy) is 1. The van der Waals surface area contributed by atoms with Crippen molar-refractivity contribution in [3.8, 4) is 0 Å². The summed E-state index contributed by atoms with van der Waals surface area (Å²) in [4.78, 5) is 25.7. The Labute approximate surface area is 162 Å². The first-order valence-electron chi connectivity index (χ1n) is 8.64. The first-order chi connectivity index (χ1) is 12.3.